The van der Waals surface area contributed by atoms with Crippen molar-refractivity contribution >= 4 is 11.6 Å². The van der Waals surface area contributed by atoms with Gasteiger partial charge >= 0.3 is 0 Å². The number of nitrogens with two attached hydrogens (primary N) is 1. The molecule has 0 radical (unpaired) electrons. The number of halogens is 1. The van der Waals surface area contributed by atoms with Crippen LogP contribution in [0.1, 0.15) is 38.8 Å². The Balaban J connectivity index is 2.62. The van der Waals surface area contributed by atoms with Crippen LogP contribution in [0.4, 0.5) is 0 Å². The fourth-order valence-corrected chi connectivity index (χ4v) is 2.30. The van der Waals surface area contributed by atoms with Crippen LogP contribution in [0.5, 0.6) is 0 Å². The van der Waals surface area contributed by atoms with Gasteiger partial charge in [-0.15, -0.1) is 0 Å². The Kier molecular flexibility index (Phi) is 6.69. The molecule has 2 nitrogen and oxygen atoms in total. The van der Waals surface area contributed by atoms with Crippen LogP contribution in [0, 0.1) is 11.8 Å². The van der Waals surface area contributed by atoms with E-state index in [0.29, 0.717) is 17.9 Å². The minimum atomic E-state index is 0.358. The summed E-state index contributed by atoms with van der Waals surface area (Å²) >= 11 is 6.04. The Morgan fingerprint density at radius 1 is 1.33 bits per heavy atom. The van der Waals surface area contributed by atoms with Gasteiger partial charge in [-0.2, -0.15) is 0 Å². The molecular formula is C15H25ClN2. The van der Waals surface area contributed by atoms with Crippen molar-refractivity contribution in [3.8, 4) is 0 Å². The first kappa shape index (κ1) is 15.5. The summed E-state index contributed by atoms with van der Waals surface area (Å²) in [5.41, 5.74) is 7.06. The molecule has 2 unspecified atom stereocenters. The SMILES string of the molecule is CCC(NCC(CN)C(C)C)c1cccc(Cl)c1. The molecule has 1 aromatic carbocycles. The molecule has 0 fully saturated rings. The van der Waals surface area contributed by atoms with Gasteiger partial charge in [-0.25, -0.2) is 0 Å². The molecule has 0 aromatic heterocycles. The highest BCUT2D eigenvalue weighted by Gasteiger charge is 2.15. The van der Waals surface area contributed by atoms with Crippen molar-refractivity contribution in [3.63, 3.8) is 0 Å². The highest BCUT2D eigenvalue weighted by molar-refractivity contribution is 6.30. The van der Waals surface area contributed by atoms with E-state index in [-0.39, 0.29) is 0 Å². The van der Waals surface area contributed by atoms with Gasteiger partial charge < -0.3 is 11.1 Å². The lowest BCUT2D eigenvalue weighted by Gasteiger charge is -2.24. The van der Waals surface area contributed by atoms with E-state index < -0.39 is 0 Å². The van der Waals surface area contributed by atoms with Crippen molar-refractivity contribution in [2.45, 2.75) is 33.2 Å². The number of benzene rings is 1. The van der Waals surface area contributed by atoms with Crippen LogP contribution < -0.4 is 11.1 Å². The number of nitrogens with one attached hydrogen (secondary N) is 1. The molecule has 18 heavy (non-hydrogen) atoms. The average molecular weight is 269 g/mol. The molecule has 2 atom stereocenters. The monoisotopic (exact) mass is 268 g/mol. The zero-order valence-corrected chi connectivity index (χ0v) is 12.4. The van der Waals surface area contributed by atoms with Crippen molar-refractivity contribution in [1.29, 1.82) is 0 Å². The standard InChI is InChI=1S/C15H25ClN2/c1-4-15(12-6-5-7-14(16)8-12)18-10-13(9-17)11(2)3/h5-8,11,13,15,18H,4,9-10,17H2,1-3H3. The normalized spacial score (nSPS) is 14.8. The second-order valence-electron chi connectivity index (χ2n) is 5.16. The van der Waals surface area contributed by atoms with Crippen LogP contribution in [0.3, 0.4) is 0 Å². The van der Waals surface area contributed by atoms with Crippen molar-refractivity contribution in [2.75, 3.05) is 13.1 Å². The highest BCUT2D eigenvalue weighted by Crippen LogP contribution is 2.21. The summed E-state index contributed by atoms with van der Waals surface area (Å²) in [5, 5.41) is 4.40. The maximum absolute atomic E-state index is 6.04. The van der Waals surface area contributed by atoms with Gasteiger partial charge in [0.1, 0.15) is 0 Å². The summed E-state index contributed by atoms with van der Waals surface area (Å²) in [6.07, 6.45) is 1.05. The zero-order chi connectivity index (χ0) is 13.5. The minimum Gasteiger partial charge on any atom is -0.330 e. The van der Waals surface area contributed by atoms with Crippen LogP contribution in [0.25, 0.3) is 0 Å². The molecule has 0 amide bonds. The van der Waals surface area contributed by atoms with Crippen LogP contribution in [-0.4, -0.2) is 13.1 Å². The lowest BCUT2D eigenvalue weighted by molar-refractivity contribution is 0.348. The molecule has 1 rings (SSSR count). The van der Waals surface area contributed by atoms with Crippen LogP contribution in [0.2, 0.25) is 5.02 Å². The number of hydrogen-bond donors (Lipinski definition) is 2. The molecule has 0 spiro atoms. The molecule has 0 aliphatic heterocycles. The first-order valence-corrected chi connectivity index (χ1v) is 7.15. The molecule has 0 aliphatic rings. The first-order chi connectivity index (χ1) is 8.58. The molecule has 0 heterocycles. The molecule has 0 aliphatic carbocycles. The lowest BCUT2D eigenvalue weighted by atomic mass is 9.95. The third-order valence-electron chi connectivity index (χ3n) is 3.53. The summed E-state index contributed by atoms with van der Waals surface area (Å²) < 4.78 is 0. The van der Waals surface area contributed by atoms with E-state index in [0.717, 1.165) is 24.5 Å². The third-order valence-corrected chi connectivity index (χ3v) is 3.77. The predicted molar refractivity (Wildman–Crippen MR) is 79.9 cm³/mol. The maximum atomic E-state index is 6.04. The van der Waals surface area contributed by atoms with Crippen LogP contribution in [0.15, 0.2) is 24.3 Å². The van der Waals surface area contributed by atoms with Gasteiger partial charge in [0.2, 0.25) is 0 Å². The van der Waals surface area contributed by atoms with E-state index in [1.807, 2.05) is 18.2 Å². The van der Waals surface area contributed by atoms with E-state index in [4.69, 9.17) is 17.3 Å². The van der Waals surface area contributed by atoms with Gasteiger partial charge in [-0.1, -0.05) is 44.5 Å². The smallest absolute Gasteiger partial charge is 0.0409 e. The summed E-state index contributed by atoms with van der Waals surface area (Å²) in [4.78, 5) is 0. The van der Waals surface area contributed by atoms with Crippen LogP contribution >= 0.6 is 11.6 Å². The predicted octanol–water partition coefficient (Wildman–Crippen LogP) is 3.61. The topological polar surface area (TPSA) is 38.0 Å². The third kappa shape index (κ3) is 4.60. The fourth-order valence-electron chi connectivity index (χ4n) is 2.11. The molecular weight excluding hydrogens is 244 g/mol. The fraction of sp³-hybridized carbons (Fsp3) is 0.600. The Hall–Kier alpha value is -0.570. The first-order valence-electron chi connectivity index (χ1n) is 6.77. The summed E-state index contributed by atoms with van der Waals surface area (Å²) in [6.45, 7) is 8.32. The van der Waals surface area contributed by atoms with E-state index in [9.17, 15) is 0 Å². The van der Waals surface area contributed by atoms with Crippen molar-refractivity contribution in [2.24, 2.45) is 17.6 Å². The maximum Gasteiger partial charge on any atom is 0.0409 e. The molecule has 102 valence electrons. The summed E-state index contributed by atoms with van der Waals surface area (Å²) in [7, 11) is 0. The van der Waals surface area contributed by atoms with Gasteiger partial charge in [0.25, 0.3) is 0 Å². The van der Waals surface area contributed by atoms with Gasteiger partial charge in [0, 0.05) is 11.1 Å². The van der Waals surface area contributed by atoms with Gasteiger partial charge in [-0.05, 0) is 49.0 Å². The van der Waals surface area contributed by atoms with E-state index in [2.05, 4.69) is 32.2 Å². The van der Waals surface area contributed by atoms with E-state index in [1.54, 1.807) is 0 Å². The van der Waals surface area contributed by atoms with E-state index in [1.165, 1.54) is 5.56 Å². The Morgan fingerprint density at radius 3 is 2.56 bits per heavy atom. The lowest BCUT2D eigenvalue weighted by Crippen LogP contribution is -2.33. The number of hydrogen-bond acceptors (Lipinski definition) is 2. The molecule has 1 aromatic rings. The van der Waals surface area contributed by atoms with Gasteiger partial charge in [-0.3, -0.25) is 0 Å². The van der Waals surface area contributed by atoms with Crippen LogP contribution in [-0.2, 0) is 0 Å². The van der Waals surface area contributed by atoms with Crippen molar-refractivity contribution < 1.29 is 0 Å². The quantitative estimate of drug-likeness (QED) is 0.793. The van der Waals surface area contributed by atoms with E-state index >= 15 is 0 Å². The molecule has 3 heteroatoms. The Bertz CT molecular complexity index is 352. The molecule has 0 saturated heterocycles. The molecule has 0 bridgehead atoms. The van der Waals surface area contributed by atoms with Crippen molar-refractivity contribution in [3.05, 3.63) is 34.9 Å². The molecule has 0 saturated carbocycles. The largest absolute Gasteiger partial charge is 0.330 e. The number of rotatable bonds is 7. The Morgan fingerprint density at radius 2 is 2.06 bits per heavy atom. The highest BCUT2D eigenvalue weighted by atomic mass is 35.5. The molecule has 3 N–H and O–H groups in total. The Labute approximate surface area is 116 Å². The van der Waals surface area contributed by atoms with Crippen molar-refractivity contribution in [1.82, 2.24) is 5.32 Å². The zero-order valence-electron chi connectivity index (χ0n) is 11.6. The second-order valence-corrected chi connectivity index (χ2v) is 5.60. The minimum absolute atomic E-state index is 0.358. The summed E-state index contributed by atoms with van der Waals surface area (Å²) in [5.74, 6) is 1.14. The van der Waals surface area contributed by atoms with Gasteiger partial charge in [0.15, 0.2) is 0 Å². The second kappa shape index (κ2) is 7.78. The summed E-state index contributed by atoms with van der Waals surface area (Å²) in [6, 6.07) is 8.44. The van der Waals surface area contributed by atoms with Gasteiger partial charge in [0.05, 0.1) is 0 Å². The average Bonchev–Trinajstić information content (AvgIpc) is 2.34.